The second-order valence-electron chi connectivity index (χ2n) is 5.89. The number of halogens is 1. The van der Waals surface area contributed by atoms with Gasteiger partial charge in [0.15, 0.2) is 0 Å². The van der Waals surface area contributed by atoms with Crippen LogP contribution in [0.4, 0.5) is 4.39 Å². The van der Waals surface area contributed by atoms with E-state index in [9.17, 15) is 14.3 Å². The van der Waals surface area contributed by atoms with Crippen LogP contribution in [0.5, 0.6) is 0 Å². The second kappa shape index (κ2) is 10.0. The van der Waals surface area contributed by atoms with Crippen molar-refractivity contribution in [2.45, 2.75) is 63.9 Å². The standard InChI is InChI=1S/C18H27FO2S/c1-3-5-9-18(13-21,10-6-4-2)14-22-17-11-16(19)8-7-15(17)12-20/h7-8,11,13,20H,3-6,9-10,12,14H2,1-2H3. The number of aliphatic hydroxyl groups excluding tert-OH is 1. The van der Waals surface area contributed by atoms with Crippen LogP contribution in [0.25, 0.3) is 0 Å². The van der Waals surface area contributed by atoms with Crippen molar-refractivity contribution in [1.82, 2.24) is 0 Å². The molecule has 0 amide bonds. The van der Waals surface area contributed by atoms with Gasteiger partial charge in [0.05, 0.1) is 6.61 Å². The lowest BCUT2D eigenvalue weighted by molar-refractivity contribution is -0.116. The van der Waals surface area contributed by atoms with E-state index in [0.29, 0.717) is 5.75 Å². The average Bonchev–Trinajstić information content (AvgIpc) is 2.55. The van der Waals surface area contributed by atoms with Crippen molar-refractivity contribution in [1.29, 1.82) is 0 Å². The van der Waals surface area contributed by atoms with E-state index in [-0.39, 0.29) is 17.8 Å². The van der Waals surface area contributed by atoms with Gasteiger partial charge in [-0.3, -0.25) is 0 Å². The predicted molar refractivity (Wildman–Crippen MR) is 90.6 cm³/mol. The third kappa shape index (κ3) is 5.73. The quantitative estimate of drug-likeness (QED) is 0.460. The zero-order valence-electron chi connectivity index (χ0n) is 13.6. The first-order valence-electron chi connectivity index (χ1n) is 8.09. The molecule has 0 saturated heterocycles. The molecule has 0 fully saturated rings. The predicted octanol–water partition coefficient (Wildman–Crippen LogP) is 4.98. The number of carbonyl (C=O) groups excluding carboxylic acids is 1. The third-order valence-corrected chi connectivity index (χ3v) is 5.43. The molecule has 0 aliphatic heterocycles. The maximum Gasteiger partial charge on any atom is 0.126 e. The van der Waals surface area contributed by atoms with Crippen LogP contribution in [0.1, 0.15) is 57.9 Å². The van der Waals surface area contributed by atoms with Crippen molar-refractivity contribution in [3.05, 3.63) is 29.6 Å². The number of aliphatic hydroxyl groups is 1. The summed E-state index contributed by atoms with van der Waals surface area (Å²) in [5, 5.41) is 9.37. The van der Waals surface area contributed by atoms with Crippen molar-refractivity contribution in [2.24, 2.45) is 5.41 Å². The third-order valence-electron chi connectivity index (χ3n) is 4.02. The minimum Gasteiger partial charge on any atom is -0.392 e. The van der Waals surface area contributed by atoms with Gasteiger partial charge in [0.1, 0.15) is 12.1 Å². The Morgan fingerprint density at radius 1 is 1.23 bits per heavy atom. The van der Waals surface area contributed by atoms with Gasteiger partial charge in [0.25, 0.3) is 0 Å². The second-order valence-corrected chi connectivity index (χ2v) is 6.90. The number of thioether (sulfide) groups is 1. The molecule has 0 aliphatic rings. The summed E-state index contributed by atoms with van der Waals surface area (Å²) in [5.41, 5.74) is 0.382. The van der Waals surface area contributed by atoms with E-state index in [0.717, 1.165) is 55.3 Å². The topological polar surface area (TPSA) is 37.3 Å². The largest absolute Gasteiger partial charge is 0.392 e. The van der Waals surface area contributed by atoms with Gasteiger partial charge >= 0.3 is 0 Å². The fraction of sp³-hybridized carbons (Fsp3) is 0.611. The number of rotatable bonds is 11. The molecule has 1 aromatic rings. The Bertz CT molecular complexity index is 454. The number of carbonyl (C=O) groups is 1. The summed E-state index contributed by atoms with van der Waals surface area (Å²) in [6, 6.07) is 4.42. The summed E-state index contributed by atoms with van der Waals surface area (Å²) in [4.78, 5) is 12.5. The van der Waals surface area contributed by atoms with Crippen molar-refractivity contribution in [3.8, 4) is 0 Å². The van der Waals surface area contributed by atoms with Crippen molar-refractivity contribution in [3.63, 3.8) is 0 Å². The van der Waals surface area contributed by atoms with Crippen LogP contribution in [-0.4, -0.2) is 17.1 Å². The van der Waals surface area contributed by atoms with E-state index in [1.165, 1.54) is 23.9 Å². The van der Waals surface area contributed by atoms with Crippen LogP contribution in [0, 0.1) is 11.2 Å². The molecule has 0 saturated carbocycles. The monoisotopic (exact) mass is 326 g/mol. The van der Waals surface area contributed by atoms with Crippen LogP contribution in [0.2, 0.25) is 0 Å². The molecule has 1 N–H and O–H groups in total. The van der Waals surface area contributed by atoms with Gasteiger partial charge in [0, 0.05) is 16.1 Å². The maximum atomic E-state index is 13.4. The molecule has 22 heavy (non-hydrogen) atoms. The molecule has 0 aliphatic carbocycles. The molecule has 0 radical (unpaired) electrons. The van der Waals surface area contributed by atoms with Gasteiger partial charge in [0.2, 0.25) is 0 Å². The van der Waals surface area contributed by atoms with Crippen molar-refractivity contribution in [2.75, 3.05) is 5.75 Å². The molecule has 1 rings (SSSR count). The molecule has 0 aromatic heterocycles. The first-order chi connectivity index (χ1) is 10.6. The number of unbranched alkanes of at least 4 members (excludes halogenated alkanes) is 2. The summed E-state index contributed by atoms with van der Waals surface area (Å²) < 4.78 is 13.4. The highest BCUT2D eigenvalue weighted by molar-refractivity contribution is 7.99. The minimum atomic E-state index is -0.338. The molecule has 1 aromatic carbocycles. The molecule has 2 nitrogen and oxygen atoms in total. The molecule has 4 heteroatoms. The van der Waals surface area contributed by atoms with E-state index in [1.54, 1.807) is 6.07 Å². The molecule has 0 spiro atoms. The maximum absolute atomic E-state index is 13.4. The van der Waals surface area contributed by atoms with Gasteiger partial charge in [-0.05, 0) is 30.5 Å². The molecule has 0 unspecified atom stereocenters. The first-order valence-corrected chi connectivity index (χ1v) is 9.07. The average molecular weight is 326 g/mol. The lowest BCUT2D eigenvalue weighted by Crippen LogP contribution is -2.26. The smallest absolute Gasteiger partial charge is 0.126 e. The highest BCUT2D eigenvalue weighted by atomic mass is 32.2. The Kier molecular flexibility index (Phi) is 8.72. The van der Waals surface area contributed by atoms with E-state index in [2.05, 4.69) is 13.8 Å². The van der Waals surface area contributed by atoms with Crippen LogP contribution >= 0.6 is 11.8 Å². The van der Waals surface area contributed by atoms with Gasteiger partial charge < -0.3 is 9.90 Å². The van der Waals surface area contributed by atoms with Gasteiger partial charge in [-0.1, -0.05) is 45.6 Å². The van der Waals surface area contributed by atoms with Gasteiger partial charge in [-0.15, -0.1) is 11.8 Å². The SMILES string of the molecule is CCCCC(C=O)(CCCC)CSc1cc(F)ccc1CO. The first kappa shape index (κ1) is 19.2. The van der Waals surface area contributed by atoms with E-state index < -0.39 is 0 Å². The molecule has 0 atom stereocenters. The van der Waals surface area contributed by atoms with E-state index in [4.69, 9.17) is 0 Å². The fourth-order valence-corrected chi connectivity index (χ4v) is 3.81. The highest BCUT2D eigenvalue weighted by Gasteiger charge is 2.29. The highest BCUT2D eigenvalue weighted by Crippen LogP contribution is 2.36. The van der Waals surface area contributed by atoms with E-state index in [1.807, 2.05) is 0 Å². The number of aldehydes is 1. The molecule has 0 bridgehead atoms. The minimum absolute atomic E-state index is 0.110. The van der Waals surface area contributed by atoms with Crippen LogP contribution in [-0.2, 0) is 11.4 Å². The van der Waals surface area contributed by atoms with Crippen molar-refractivity contribution < 1.29 is 14.3 Å². The summed E-state index contributed by atoms with van der Waals surface area (Å²) in [5.74, 6) is 0.339. The van der Waals surface area contributed by atoms with Gasteiger partial charge in [-0.2, -0.15) is 0 Å². The molecule has 124 valence electrons. The molecular weight excluding hydrogens is 299 g/mol. The molecular formula is C18H27FO2S. The molecule has 0 heterocycles. The Labute approximate surface area is 137 Å². The zero-order chi connectivity index (χ0) is 16.4. The van der Waals surface area contributed by atoms with Gasteiger partial charge in [-0.25, -0.2) is 4.39 Å². The normalized spacial score (nSPS) is 11.6. The van der Waals surface area contributed by atoms with E-state index >= 15 is 0 Å². The summed E-state index contributed by atoms with van der Waals surface area (Å²) >= 11 is 1.49. The van der Waals surface area contributed by atoms with Crippen LogP contribution in [0.15, 0.2) is 23.1 Å². The lowest BCUT2D eigenvalue weighted by Gasteiger charge is -2.28. The van der Waals surface area contributed by atoms with Crippen LogP contribution < -0.4 is 0 Å². The Balaban J connectivity index is 2.85. The summed E-state index contributed by atoms with van der Waals surface area (Å²) in [7, 11) is 0. The number of hydrogen-bond acceptors (Lipinski definition) is 3. The summed E-state index contributed by atoms with van der Waals surface area (Å²) in [6.45, 7) is 4.14. The fourth-order valence-electron chi connectivity index (χ4n) is 2.49. The summed E-state index contributed by atoms with van der Waals surface area (Å²) in [6.07, 6.45) is 7.04. The number of hydrogen-bond donors (Lipinski definition) is 1. The number of benzene rings is 1. The van der Waals surface area contributed by atoms with Crippen molar-refractivity contribution >= 4 is 18.0 Å². The lowest BCUT2D eigenvalue weighted by atomic mass is 9.81. The Morgan fingerprint density at radius 2 is 1.86 bits per heavy atom. The Hall–Kier alpha value is -0.870. The zero-order valence-corrected chi connectivity index (χ0v) is 14.4. The van der Waals surface area contributed by atoms with Crippen LogP contribution in [0.3, 0.4) is 0 Å². The Morgan fingerprint density at radius 3 is 2.36 bits per heavy atom.